The zero-order valence-corrected chi connectivity index (χ0v) is 30.5. The van der Waals surface area contributed by atoms with Crippen molar-refractivity contribution in [3.63, 3.8) is 0 Å². The highest BCUT2D eigenvalue weighted by atomic mass is 33.1. The van der Waals surface area contributed by atoms with Crippen LogP contribution in [-0.2, 0) is 19.8 Å². The number of alkyl halides is 3. The summed E-state index contributed by atoms with van der Waals surface area (Å²) in [4.78, 5) is 0. The van der Waals surface area contributed by atoms with Gasteiger partial charge in [-0.05, 0) is 67.6 Å². The number of ether oxygens (including phenoxy) is 5. The van der Waals surface area contributed by atoms with Gasteiger partial charge >= 0.3 is 6.18 Å². The molecule has 0 saturated carbocycles. The molecule has 0 spiro atoms. The molecule has 0 fully saturated rings. The Hall–Kier alpha value is -2.37. The molecule has 0 N–H and O–H groups in total. The third kappa shape index (κ3) is 11.9. The fourth-order valence-corrected chi connectivity index (χ4v) is 7.59. The Kier molecular flexibility index (Phi) is 17.0. The molecule has 1 atom stereocenters. The van der Waals surface area contributed by atoms with E-state index in [1.165, 1.54) is 0 Å². The summed E-state index contributed by atoms with van der Waals surface area (Å²) in [7, 11) is 8.70. The molecule has 5 nitrogen and oxygen atoms in total. The summed E-state index contributed by atoms with van der Waals surface area (Å²) < 4.78 is 67.4. The van der Waals surface area contributed by atoms with Crippen LogP contribution in [0.3, 0.4) is 0 Å². The number of rotatable bonds is 23. The fraction of sp³-hybridized carbons (Fsp3) is 0.526. The number of unbranched alkanes of at least 4 members (excludes halogenated alkanes) is 6. The second kappa shape index (κ2) is 20.3. The van der Waals surface area contributed by atoms with Crippen LogP contribution in [0.1, 0.15) is 75.5 Å². The first-order chi connectivity index (χ1) is 23.1. The van der Waals surface area contributed by atoms with E-state index in [4.69, 9.17) is 23.7 Å². The predicted molar refractivity (Wildman–Crippen MR) is 192 cm³/mol. The first kappa shape index (κ1) is 40.1. The summed E-state index contributed by atoms with van der Waals surface area (Å²) >= 11 is 0. The van der Waals surface area contributed by atoms with Gasteiger partial charge in [-0.15, -0.1) is 0 Å². The highest BCUT2D eigenvalue weighted by Crippen LogP contribution is 2.42. The molecule has 0 heterocycles. The van der Waals surface area contributed by atoms with E-state index in [2.05, 4.69) is 36.4 Å². The van der Waals surface area contributed by atoms with Crippen LogP contribution in [0.4, 0.5) is 13.2 Å². The maximum Gasteiger partial charge on any atom is 0.416 e. The van der Waals surface area contributed by atoms with Crippen LogP contribution in [0.5, 0.6) is 11.5 Å². The Balaban J connectivity index is 1.49. The number of hydrogen-bond donors (Lipinski definition) is 0. The lowest BCUT2D eigenvalue weighted by Crippen LogP contribution is -2.42. The fourth-order valence-electron chi connectivity index (χ4n) is 5.22. The van der Waals surface area contributed by atoms with E-state index >= 15 is 0 Å². The van der Waals surface area contributed by atoms with Crippen molar-refractivity contribution < 1.29 is 36.9 Å². The molecule has 3 aromatic rings. The van der Waals surface area contributed by atoms with Gasteiger partial charge in [0.25, 0.3) is 0 Å². The Morgan fingerprint density at radius 2 is 1.10 bits per heavy atom. The lowest BCUT2D eigenvalue weighted by molar-refractivity contribution is -0.263. The van der Waals surface area contributed by atoms with E-state index in [9.17, 15) is 13.2 Å². The normalized spacial score (nSPS) is 13.0. The first-order valence-corrected chi connectivity index (χ1v) is 19.0. The third-order valence-corrected chi connectivity index (χ3v) is 10.9. The van der Waals surface area contributed by atoms with Crippen LogP contribution < -0.4 is 9.47 Å². The molecule has 3 rings (SSSR count). The maximum absolute atomic E-state index is 12.9. The molecule has 0 saturated heterocycles. The van der Waals surface area contributed by atoms with Crippen molar-refractivity contribution in [3.8, 4) is 11.5 Å². The van der Waals surface area contributed by atoms with Crippen molar-refractivity contribution in [2.75, 3.05) is 46.0 Å². The molecule has 0 aromatic heterocycles. The molecule has 0 radical (unpaired) electrons. The van der Waals surface area contributed by atoms with E-state index < -0.39 is 17.4 Å². The van der Waals surface area contributed by atoms with Gasteiger partial charge in [-0.1, -0.05) is 108 Å². The number of halogens is 3. The second-order valence-corrected chi connectivity index (χ2v) is 14.7. The topological polar surface area (TPSA) is 46.2 Å². The molecule has 0 aliphatic heterocycles. The molecule has 0 aliphatic rings. The van der Waals surface area contributed by atoms with Gasteiger partial charge in [0.05, 0.1) is 26.9 Å². The average molecular weight is 709 g/mol. The van der Waals surface area contributed by atoms with Gasteiger partial charge in [0.2, 0.25) is 0 Å². The highest BCUT2D eigenvalue weighted by Gasteiger charge is 2.48. The monoisotopic (exact) mass is 708 g/mol. The molecule has 10 heteroatoms. The van der Waals surface area contributed by atoms with Crippen molar-refractivity contribution in [2.24, 2.45) is 0 Å². The minimum Gasteiger partial charge on any atom is -0.497 e. The zero-order chi connectivity index (χ0) is 34.9. The van der Waals surface area contributed by atoms with Gasteiger partial charge < -0.3 is 23.7 Å². The first-order valence-electron chi connectivity index (χ1n) is 16.5. The molecule has 1 unspecified atom stereocenters. The molecule has 0 aliphatic carbocycles. The van der Waals surface area contributed by atoms with Crippen molar-refractivity contribution in [3.05, 3.63) is 95.6 Å². The largest absolute Gasteiger partial charge is 0.497 e. The van der Waals surface area contributed by atoms with Gasteiger partial charge in [0.15, 0.2) is 5.60 Å². The summed E-state index contributed by atoms with van der Waals surface area (Å²) in [6.45, 7) is 2.69. The summed E-state index contributed by atoms with van der Waals surface area (Å²) in [6.07, 6.45) is 2.60. The lowest BCUT2D eigenvalue weighted by Gasteiger charge is -2.37. The number of benzene rings is 3. The Morgan fingerprint density at radius 3 is 1.60 bits per heavy atom. The Labute approximate surface area is 293 Å². The second-order valence-electron chi connectivity index (χ2n) is 12.1. The standard InChI is InChI=1S/C38H51F3O5S2/c1-36(2,38(39,40)41)45-26-14-9-7-6-8-10-15-27-47-48-29-35(44-5)28-46-37(30-16-12-11-13-17-30,31-18-22-33(42-3)23-19-31)32-20-24-34(43-4)25-21-32/h11-13,16-25,35H,6-10,14-15,26-29H2,1-5H3. The molecule has 3 aromatic carbocycles. The van der Waals surface area contributed by atoms with Crippen LogP contribution >= 0.6 is 21.6 Å². The van der Waals surface area contributed by atoms with Crippen molar-refractivity contribution in [1.29, 1.82) is 0 Å². The van der Waals surface area contributed by atoms with E-state index in [0.29, 0.717) is 13.0 Å². The van der Waals surface area contributed by atoms with E-state index in [0.717, 1.165) is 92.1 Å². The minimum absolute atomic E-state index is 0.118. The van der Waals surface area contributed by atoms with Gasteiger partial charge in [-0.3, -0.25) is 0 Å². The van der Waals surface area contributed by atoms with Gasteiger partial charge in [0, 0.05) is 25.2 Å². The molecule has 48 heavy (non-hydrogen) atoms. The Morgan fingerprint density at radius 1 is 0.604 bits per heavy atom. The van der Waals surface area contributed by atoms with Gasteiger partial charge in [0.1, 0.15) is 17.1 Å². The van der Waals surface area contributed by atoms with Crippen LogP contribution in [0.2, 0.25) is 0 Å². The number of hydrogen-bond acceptors (Lipinski definition) is 7. The maximum atomic E-state index is 12.9. The molecule has 0 bridgehead atoms. The summed E-state index contributed by atoms with van der Waals surface area (Å²) in [5, 5.41) is 0. The van der Waals surface area contributed by atoms with Crippen LogP contribution in [0.25, 0.3) is 0 Å². The van der Waals surface area contributed by atoms with E-state index in [1.54, 1.807) is 32.1 Å². The minimum atomic E-state index is -4.34. The van der Waals surface area contributed by atoms with Crippen LogP contribution in [-0.4, -0.2) is 63.9 Å². The smallest absolute Gasteiger partial charge is 0.416 e. The van der Waals surface area contributed by atoms with Crippen molar-refractivity contribution >= 4 is 21.6 Å². The van der Waals surface area contributed by atoms with Crippen LogP contribution in [0.15, 0.2) is 78.9 Å². The summed E-state index contributed by atoms with van der Waals surface area (Å²) in [6, 6.07) is 26.3. The van der Waals surface area contributed by atoms with Gasteiger partial charge in [-0.25, -0.2) is 0 Å². The quantitative estimate of drug-likeness (QED) is 0.0552. The number of methoxy groups -OCH3 is 3. The highest BCUT2D eigenvalue weighted by molar-refractivity contribution is 8.76. The zero-order valence-electron chi connectivity index (χ0n) is 28.9. The molecule has 0 amide bonds. The van der Waals surface area contributed by atoms with Gasteiger partial charge in [-0.2, -0.15) is 13.2 Å². The summed E-state index contributed by atoms with van der Waals surface area (Å²) in [5.74, 6) is 3.38. The Bertz CT molecular complexity index is 1240. The molecular weight excluding hydrogens is 658 g/mol. The third-order valence-electron chi connectivity index (χ3n) is 8.35. The summed E-state index contributed by atoms with van der Waals surface area (Å²) in [5.41, 5.74) is 0.00270. The van der Waals surface area contributed by atoms with E-state index in [1.807, 2.05) is 53.3 Å². The average Bonchev–Trinajstić information content (AvgIpc) is 3.10. The molecular formula is C38H51F3O5S2. The van der Waals surface area contributed by atoms with Crippen molar-refractivity contribution in [1.82, 2.24) is 0 Å². The van der Waals surface area contributed by atoms with Crippen molar-refractivity contribution in [2.45, 2.75) is 82.3 Å². The van der Waals surface area contributed by atoms with Crippen LogP contribution in [0, 0.1) is 0 Å². The van der Waals surface area contributed by atoms with E-state index in [-0.39, 0.29) is 12.7 Å². The predicted octanol–water partition coefficient (Wildman–Crippen LogP) is 10.5. The lowest BCUT2D eigenvalue weighted by atomic mass is 9.80. The molecule has 266 valence electrons. The SMILES string of the molecule is COc1ccc(C(OCC(CSSCCCCCCCCCOC(C)(C)C(F)(F)F)OC)(c2ccccc2)c2ccc(OC)cc2)cc1.